The molecule has 0 radical (unpaired) electrons. The van der Waals surface area contributed by atoms with Crippen molar-refractivity contribution in [1.29, 1.82) is 0 Å². The minimum absolute atomic E-state index is 0.155. The molecule has 0 aromatic heterocycles. The molecule has 0 bridgehead atoms. The van der Waals surface area contributed by atoms with E-state index in [9.17, 15) is 9.18 Å². The Hall–Kier alpha value is -1.58. The summed E-state index contributed by atoms with van der Waals surface area (Å²) >= 11 is 0. The molecule has 2 N–H and O–H groups in total. The number of benzene rings is 1. The number of rotatable bonds is 1. The first-order chi connectivity index (χ1) is 6.75. The third kappa shape index (κ3) is 1.84. The second-order valence-corrected chi connectivity index (χ2v) is 3.34. The molecule has 1 saturated heterocycles. The second-order valence-electron chi connectivity index (χ2n) is 3.34. The van der Waals surface area contributed by atoms with Crippen molar-refractivity contribution in [2.45, 2.75) is 5.92 Å². The van der Waals surface area contributed by atoms with Crippen molar-refractivity contribution in [1.82, 2.24) is 10.6 Å². The van der Waals surface area contributed by atoms with Crippen molar-refractivity contribution in [3.8, 4) is 0 Å². The van der Waals surface area contributed by atoms with Crippen LogP contribution in [0.4, 0.5) is 9.18 Å². The molecule has 1 aliphatic heterocycles. The highest BCUT2D eigenvalue weighted by atomic mass is 19.1. The van der Waals surface area contributed by atoms with Crippen LogP contribution in [0.3, 0.4) is 0 Å². The van der Waals surface area contributed by atoms with Gasteiger partial charge in [0, 0.05) is 19.0 Å². The summed E-state index contributed by atoms with van der Waals surface area (Å²) in [6, 6.07) is 6.31. The molecule has 3 nitrogen and oxygen atoms in total. The van der Waals surface area contributed by atoms with E-state index in [0.29, 0.717) is 13.1 Å². The molecule has 0 aliphatic carbocycles. The average Bonchev–Trinajstić information content (AvgIpc) is 2.19. The Morgan fingerprint density at radius 2 is 2.00 bits per heavy atom. The zero-order valence-corrected chi connectivity index (χ0v) is 7.59. The predicted molar refractivity (Wildman–Crippen MR) is 50.5 cm³/mol. The minimum atomic E-state index is -0.237. The molecule has 0 atom stereocenters. The summed E-state index contributed by atoms with van der Waals surface area (Å²) in [5.41, 5.74) is 0.914. The summed E-state index contributed by atoms with van der Waals surface area (Å²) in [6.07, 6.45) is 0. The Labute approximate surface area is 81.3 Å². The van der Waals surface area contributed by atoms with Gasteiger partial charge < -0.3 is 10.6 Å². The number of amides is 2. The van der Waals surface area contributed by atoms with Crippen LogP contribution >= 0.6 is 0 Å². The molecule has 2 amide bonds. The number of carbonyl (C=O) groups is 1. The number of urea groups is 1. The maximum atomic E-state index is 12.9. The molecule has 2 rings (SSSR count). The predicted octanol–water partition coefficient (Wildman–Crippen LogP) is 1.22. The first-order valence-electron chi connectivity index (χ1n) is 4.53. The number of hydrogen-bond donors (Lipinski definition) is 2. The van der Waals surface area contributed by atoms with Crippen LogP contribution in [0.25, 0.3) is 0 Å². The van der Waals surface area contributed by atoms with E-state index in [2.05, 4.69) is 10.6 Å². The maximum absolute atomic E-state index is 12.9. The Morgan fingerprint density at radius 3 is 2.64 bits per heavy atom. The van der Waals surface area contributed by atoms with Gasteiger partial charge in [0.05, 0.1) is 0 Å². The monoisotopic (exact) mass is 194 g/mol. The van der Waals surface area contributed by atoms with Crippen LogP contribution in [0.5, 0.6) is 0 Å². The van der Waals surface area contributed by atoms with Crippen molar-refractivity contribution < 1.29 is 9.18 Å². The lowest BCUT2D eigenvalue weighted by Gasteiger charge is -2.23. The van der Waals surface area contributed by atoms with Crippen molar-refractivity contribution >= 4 is 6.03 Å². The summed E-state index contributed by atoms with van der Waals surface area (Å²) in [5, 5.41) is 5.36. The van der Waals surface area contributed by atoms with Crippen LogP contribution in [-0.4, -0.2) is 19.1 Å². The average molecular weight is 194 g/mol. The lowest BCUT2D eigenvalue weighted by molar-refractivity contribution is 0.234. The summed E-state index contributed by atoms with van der Waals surface area (Å²) in [6.45, 7) is 1.13. The fourth-order valence-electron chi connectivity index (χ4n) is 1.56. The molecule has 0 saturated carbocycles. The molecule has 0 unspecified atom stereocenters. The van der Waals surface area contributed by atoms with E-state index in [1.165, 1.54) is 12.1 Å². The first kappa shape index (κ1) is 8.99. The van der Waals surface area contributed by atoms with E-state index in [1.807, 2.05) is 6.07 Å². The largest absolute Gasteiger partial charge is 0.337 e. The van der Waals surface area contributed by atoms with Gasteiger partial charge in [-0.2, -0.15) is 0 Å². The standard InChI is InChI=1S/C10H11FN2O/c11-9-3-1-2-7(4-9)8-5-12-10(14)13-6-8/h1-4,8H,5-6H2,(H2,12,13,14). The van der Waals surface area contributed by atoms with E-state index in [0.717, 1.165) is 5.56 Å². The molecule has 4 heteroatoms. The van der Waals surface area contributed by atoms with Crippen molar-refractivity contribution in [2.24, 2.45) is 0 Å². The van der Waals surface area contributed by atoms with Crippen LogP contribution in [0.2, 0.25) is 0 Å². The molecular weight excluding hydrogens is 183 g/mol. The van der Waals surface area contributed by atoms with E-state index >= 15 is 0 Å². The van der Waals surface area contributed by atoms with Gasteiger partial charge in [0.2, 0.25) is 0 Å². The number of hydrogen-bond acceptors (Lipinski definition) is 1. The molecule has 1 fully saturated rings. The molecule has 0 spiro atoms. The summed E-state index contributed by atoms with van der Waals surface area (Å²) in [4.78, 5) is 10.8. The second kappa shape index (κ2) is 3.65. The molecule has 74 valence electrons. The van der Waals surface area contributed by atoms with Crippen LogP contribution < -0.4 is 10.6 Å². The van der Waals surface area contributed by atoms with Gasteiger partial charge in [0.15, 0.2) is 0 Å². The van der Waals surface area contributed by atoms with Gasteiger partial charge in [-0.25, -0.2) is 9.18 Å². The van der Waals surface area contributed by atoms with Gasteiger partial charge in [-0.05, 0) is 17.7 Å². The third-order valence-electron chi connectivity index (χ3n) is 2.34. The van der Waals surface area contributed by atoms with Crippen LogP contribution in [0.1, 0.15) is 11.5 Å². The van der Waals surface area contributed by atoms with Crippen LogP contribution in [0.15, 0.2) is 24.3 Å². The zero-order chi connectivity index (χ0) is 9.97. The van der Waals surface area contributed by atoms with Crippen molar-refractivity contribution in [3.63, 3.8) is 0 Å². The Bertz CT molecular complexity index is 344. The highest BCUT2D eigenvalue weighted by Crippen LogP contribution is 2.16. The maximum Gasteiger partial charge on any atom is 0.314 e. The van der Waals surface area contributed by atoms with Gasteiger partial charge >= 0.3 is 6.03 Å². The van der Waals surface area contributed by atoms with Gasteiger partial charge in [-0.15, -0.1) is 0 Å². The number of halogens is 1. The molecular formula is C10H11FN2O. The normalized spacial score (nSPS) is 17.4. The number of nitrogens with one attached hydrogen (secondary N) is 2. The SMILES string of the molecule is O=C1NCC(c2cccc(F)c2)CN1. The molecule has 1 aromatic rings. The van der Waals surface area contributed by atoms with Gasteiger partial charge in [0.25, 0.3) is 0 Å². The van der Waals surface area contributed by atoms with E-state index in [4.69, 9.17) is 0 Å². The molecule has 14 heavy (non-hydrogen) atoms. The van der Waals surface area contributed by atoms with Gasteiger partial charge in [-0.1, -0.05) is 12.1 Å². The Balaban J connectivity index is 2.12. The summed E-state index contributed by atoms with van der Waals surface area (Å²) in [7, 11) is 0. The fraction of sp³-hybridized carbons (Fsp3) is 0.300. The minimum Gasteiger partial charge on any atom is -0.337 e. The zero-order valence-electron chi connectivity index (χ0n) is 7.59. The Morgan fingerprint density at radius 1 is 1.29 bits per heavy atom. The summed E-state index contributed by atoms with van der Waals surface area (Å²) < 4.78 is 12.9. The van der Waals surface area contributed by atoms with E-state index in [1.54, 1.807) is 6.07 Å². The lowest BCUT2D eigenvalue weighted by Crippen LogP contribution is -2.47. The van der Waals surface area contributed by atoms with Crippen molar-refractivity contribution in [2.75, 3.05) is 13.1 Å². The smallest absolute Gasteiger partial charge is 0.314 e. The lowest BCUT2D eigenvalue weighted by atomic mass is 9.98. The third-order valence-corrected chi connectivity index (χ3v) is 2.34. The Kier molecular flexibility index (Phi) is 2.35. The van der Waals surface area contributed by atoms with Crippen LogP contribution in [-0.2, 0) is 0 Å². The summed E-state index contributed by atoms with van der Waals surface area (Å²) in [5.74, 6) is -0.0807. The molecule has 1 heterocycles. The topological polar surface area (TPSA) is 41.1 Å². The van der Waals surface area contributed by atoms with E-state index < -0.39 is 0 Å². The molecule has 1 aromatic carbocycles. The van der Waals surface area contributed by atoms with Gasteiger partial charge in [-0.3, -0.25) is 0 Å². The highest BCUT2D eigenvalue weighted by molar-refractivity contribution is 5.74. The molecule has 1 aliphatic rings. The van der Waals surface area contributed by atoms with Crippen LogP contribution in [0, 0.1) is 5.82 Å². The van der Waals surface area contributed by atoms with E-state index in [-0.39, 0.29) is 17.8 Å². The fourth-order valence-corrected chi connectivity index (χ4v) is 1.56. The van der Waals surface area contributed by atoms with Gasteiger partial charge in [0.1, 0.15) is 5.82 Å². The highest BCUT2D eigenvalue weighted by Gasteiger charge is 2.18. The quantitative estimate of drug-likeness (QED) is 0.693. The first-order valence-corrected chi connectivity index (χ1v) is 4.53. The van der Waals surface area contributed by atoms with Crippen molar-refractivity contribution in [3.05, 3.63) is 35.6 Å². The number of carbonyl (C=O) groups excluding carboxylic acids is 1.